The van der Waals surface area contributed by atoms with Crippen LogP contribution in [0.3, 0.4) is 0 Å². The molecule has 0 radical (unpaired) electrons. The van der Waals surface area contributed by atoms with Gasteiger partial charge < -0.3 is 9.09 Å². The number of rotatable bonds is 2. The van der Waals surface area contributed by atoms with Crippen LogP contribution in [-0.2, 0) is 13.0 Å². The molecular weight excluding hydrogens is 330 g/mol. The van der Waals surface area contributed by atoms with Gasteiger partial charge in [-0.15, -0.1) is 0 Å². The minimum Gasteiger partial charge on any atom is -0.348 e. The second-order valence-corrected chi connectivity index (χ2v) is 6.41. The molecule has 128 valence electrons. The van der Waals surface area contributed by atoms with Gasteiger partial charge in [0.05, 0.1) is 17.3 Å². The first-order valence-electron chi connectivity index (χ1n) is 8.49. The molecule has 0 N–H and O–H groups in total. The quantitative estimate of drug-likeness (QED) is 0.555. The predicted octanol–water partition coefficient (Wildman–Crippen LogP) is 2.76. The highest BCUT2D eigenvalue weighted by atomic mass is 16.5. The monoisotopic (exact) mass is 345 g/mol. The van der Waals surface area contributed by atoms with Crippen molar-refractivity contribution in [1.82, 2.24) is 24.7 Å². The summed E-state index contributed by atoms with van der Waals surface area (Å²) < 4.78 is 7.57. The summed E-state index contributed by atoms with van der Waals surface area (Å²) in [5, 5.41) is 5.04. The van der Waals surface area contributed by atoms with Gasteiger partial charge in [-0.25, -0.2) is 4.98 Å². The highest BCUT2D eigenvalue weighted by Gasteiger charge is 2.23. The Kier molecular flexibility index (Phi) is 3.21. The van der Waals surface area contributed by atoms with Gasteiger partial charge in [-0.3, -0.25) is 9.78 Å². The fraction of sp³-hybridized carbons (Fsp3) is 0.211. The lowest BCUT2D eigenvalue weighted by atomic mass is 10.1. The lowest BCUT2D eigenvalue weighted by Crippen LogP contribution is -2.15. The fourth-order valence-electron chi connectivity index (χ4n) is 3.56. The Morgan fingerprint density at radius 3 is 3.04 bits per heavy atom. The van der Waals surface area contributed by atoms with Gasteiger partial charge in [-0.05, 0) is 31.9 Å². The Balaban J connectivity index is 1.63. The third-order valence-electron chi connectivity index (χ3n) is 4.78. The van der Waals surface area contributed by atoms with Gasteiger partial charge in [0.25, 0.3) is 5.89 Å². The second-order valence-electron chi connectivity index (χ2n) is 6.41. The normalized spacial score (nSPS) is 13.3. The van der Waals surface area contributed by atoms with Gasteiger partial charge in [0.2, 0.25) is 5.82 Å². The van der Waals surface area contributed by atoms with Crippen LogP contribution in [0.2, 0.25) is 0 Å². The Hall–Kier alpha value is -3.35. The smallest absolute Gasteiger partial charge is 0.276 e. The fourth-order valence-corrected chi connectivity index (χ4v) is 3.56. The molecule has 0 atom stereocenters. The molecule has 0 saturated heterocycles. The van der Waals surface area contributed by atoms with Crippen molar-refractivity contribution in [2.75, 3.05) is 0 Å². The molecule has 0 unspecified atom stereocenters. The second kappa shape index (κ2) is 5.59. The molecule has 0 aromatic carbocycles. The summed E-state index contributed by atoms with van der Waals surface area (Å²) in [6.45, 7) is 2.87. The standard InChI is InChI=1S/C19H15N5O2/c1-11-9-16(25)17(15-3-2-8-24(11)15)18-22-19(26-23-18)13-5-4-12-6-7-20-10-14(12)21-13/h4-7,9-10H,2-3,8H2,1H3. The average molecular weight is 345 g/mol. The van der Waals surface area contributed by atoms with E-state index in [1.807, 2.05) is 25.1 Å². The van der Waals surface area contributed by atoms with E-state index in [1.54, 1.807) is 18.5 Å². The van der Waals surface area contributed by atoms with Gasteiger partial charge >= 0.3 is 0 Å². The number of nitrogens with zero attached hydrogens (tertiary/aromatic N) is 5. The molecule has 0 aliphatic carbocycles. The van der Waals surface area contributed by atoms with Crippen molar-refractivity contribution in [3.63, 3.8) is 0 Å². The Bertz CT molecular complexity index is 1210. The summed E-state index contributed by atoms with van der Waals surface area (Å²) in [5.41, 5.74) is 3.73. The van der Waals surface area contributed by atoms with Gasteiger partial charge in [0.1, 0.15) is 5.69 Å². The Morgan fingerprint density at radius 1 is 1.19 bits per heavy atom. The van der Waals surface area contributed by atoms with Crippen molar-refractivity contribution in [2.24, 2.45) is 0 Å². The average Bonchev–Trinajstić information content (AvgIpc) is 3.31. The molecule has 7 heteroatoms. The van der Waals surface area contributed by atoms with E-state index in [0.29, 0.717) is 23.0 Å². The van der Waals surface area contributed by atoms with Gasteiger partial charge in [0.15, 0.2) is 5.43 Å². The van der Waals surface area contributed by atoms with Crippen LogP contribution in [-0.4, -0.2) is 24.7 Å². The number of aryl methyl sites for hydroxylation is 1. The summed E-state index contributed by atoms with van der Waals surface area (Å²) in [7, 11) is 0. The Labute approximate surface area is 148 Å². The van der Waals surface area contributed by atoms with Crippen molar-refractivity contribution < 1.29 is 4.52 Å². The number of pyridine rings is 3. The maximum absolute atomic E-state index is 12.6. The molecule has 5 rings (SSSR count). The summed E-state index contributed by atoms with van der Waals surface area (Å²) in [6.07, 6.45) is 5.27. The van der Waals surface area contributed by atoms with Crippen LogP contribution < -0.4 is 5.43 Å². The molecule has 0 spiro atoms. The van der Waals surface area contributed by atoms with E-state index in [9.17, 15) is 4.79 Å². The first-order valence-corrected chi connectivity index (χ1v) is 8.49. The van der Waals surface area contributed by atoms with Crippen LogP contribution in [0.5, 0.6) is 0 Å². The van der Waals surface area contributed by atoms with Gasteiger partial charge in [-0.2, -0.15) is 4.98 Å². The molecule has 5 heterocycles. The van der Waals surface area contributed by atoms with Crippen molar-refractivity contribution in [3.8, 4) is 23.0 Å². The number of hydrogen-bond donors (Lipinski definition) is 0. The molecule has 26 heavy (non-hydrogen) atoms. The molecule has 7 nitrogen and oxygen atoms in total. The maximum atomic E-state index is 12.6. The van der Waals surface area contributed by atoms with E-state index in [2.05, 4.69) is 24.7 Å². The number of aromatic nitrogens is 5. The molecule has 4 aromatic rings. The highest BCUT2D eigenvalue weighted by molar-refractivity contribution is 5.79. The summed E-state index contributed by atoms with van der Waals surface area (Å²) in [4.78, 5) is 25.6. The first kappa shape index (κ1) is 14.9. The van der Waals surface area contributed by atoms with E-state index in [-0.39, 0.29) is 5.43 Å². The minimum atomic E-state index is -0.0707. The molecule has 0 saturated carbocycles. The molecule has 0 bridgehead atoms. The lowest BCUT2D eigenvalue weighted by molar-refractivity contribution is 0.431. The molecule has 4 aromatic heterocycles. The van der Waals surface area contributed by atoms with Crippen LogP contribution in [0.25, 0.3) is 33.9 Å². The zero-order chi connectivity index (χ0) is 17.7. The van der Waals surface area contributed by atoms with Crippen LogP contribution in [0.1, 0.15) is 17.8 Å². The molecule has 1 aliphatic heterocycles. The van der Waals surface area contributed by atoms with E-state index in [4.69, 9.17) is 4.52 Å². The lowest BCUT2D eigenvalue weighted by Gasteiger charge is -2.10. The number of hydrogen-bond acceptors (Lipinski definition) is 6. The third kappa shape index (κ3) is 2.24. The molecular formula is C19H15N5O2. The SMILES string of the molecule is Cc1cc(=O)c(-c2noc(-c3ccc4ccncc4n3)n2)c2n1CCC2. The van der Waals surface area contributed by atoms with E-state index < -0.39 is 0 Å². The van der Waals surface area contributed by atoms with Crippen LogP contribution in [0.4, 0.5) is 0 Å². The molecule has 0 amide bonds. The topological polar surface area (TPSA) is 86.7 Å². The van der Waals surface area contributed by atoms with Crippen LogP contribution in [0, 0.1) is 6.92 Å². The van der Waals surface area contributed by atoms with E-state index in [1.165, 1.54) is 0 Å². The minimum absolute atomic E-state index is 0.0707. The van der Waals surface area contributed by atoms with Crippen molar-refractivity contribution in [1.29, 1.82) is 0 Å². The molecule has 1 aliphatic rings. The third-order valence-corrected chi connectivity index (χ3v) is 4.78. The summed E-state index contributed by atoms with van der Waals surface area (Å²) in [6, 6.07) is 7.29. The van der Waals surface area contributed by atoms with Crippen LogP contribution in [0.15, 0.2) is 46.0 Å². The summed E-state index contributed by atoms with van der Waals surface area (Å²) >= 11 is 0. The summed E-state index contributed by atoms with van der Waals surface area (Å²) in [5.74, 6) is 0.617. The maximum Gasteiger partial charge on any atom is 0.276 e. The van der Waals surface area contributed by atoms with Crippen molar-refractivity contribution in [3.05, 3.63) is 58.3 Å². The van der Waals surface area contributed by atoms with Crippen molar-refractivity contribution in [2.45, 2.75) is 26.3 Å². The highest BCUT2D eigenvalue weighted by Crippen LogP contribution is 2.27. The van der Waals surface area contributed by atoms with E-state index >= 15 is 0 Å². The van der Waals surface area contributed by atoms with Gasteiger partial charge in [-0.1, -0.05) is 11.2 Å². The number of fused-ring (bicyclic) bond motifs is 2. The zero-order valence-corrected chi connectivity index (χ0v) is 14.1. The van der Waals surface area contributed by atoms with Crippen molar-refractivity contribution >= 4 is 10.9 Å². The van der Waals surface area contributed by atoms with E-state index in [0.717, 1.165) is 41.7 Å². The molecule has 0 fully saturated rings. The Morgan fingerprint density at radius 2 is 2.12 bits per heavy atom. The zero-order valence-electron chi connectivity index (χ0n) is 14.1. The van der Waals surface area contributed by atoms with Gasteiger partial charge in [0, 0.05) is 35.6 Å². The largest absolute Gasteiger partial charge is 0.348 e. The van der Waals surface area contributed by atoms with Crippen LogP contribution >= 0.6 is 0 Å². The first-order chi connectivity index (χ1) is 12.7. The predicted molar refractivity (Wildman–Crippen MR) is 95.6 cm³/mol.